The van der Waals surface area contributed by atoms with Gasteiger partial charge in [0, 0.05) is 45.9 Å². The van der Waals surface area contributed by atoms with E-state index in [1.54, 1.807) is 14.0 Å². The number of hydrogen-bond acceptors (Lipinski definition) is 6. The predicted octanol–water partition coefficient (Wildman–Crippen LogP) is 0.858. The summed E-state index contributed by atoms with van der Waals surface area (Å²) in [5.41, 5.74) is -0.968. The molecule has 0 aliphatic heterocycles. The van der Waals surface area contributed by atoms with Gasteiger partial charge in [0.2, 0.25) is 11.8 Å². The van der Waals surface area contributed by atoms with Crippen LogP contribution < -0.4 is 5.32 Å². The van der Waals surface area contributed by atoms with Crippen molar-refractivity contribution in [3.8, 4) is 0 Å². The molecule has 0 saturated heterocycles. The molecule has 7 nitrogen and oxygen atoms in total. The van der Waals surface area contributed by atoms with E-state index in [-0.39, 0.29) is 18.9 Å². The fourth-order valence-corrected chi connectivity index (χ4v) is 1.73. The van der Waals surface area contributed by atoms with Crippen LogP contribution in [0.4, 0.5) is 0 Å². The van der Waals surface area contributed by atoms with Crippen LogP contribution in [0.25, 0.3) is 0 Å². The summed E-state index contributed by atoms with van der Waals surface area (Å²) in [5, 5.41) is 16.5. The van der Waals surface area contributed by atoms with Crippen LogP contribution in [0.5, 0.6) is 0 Å². The average molecular weight is 299 g/mol. The predicted molar refractivity (Wildman–Crippen MR) is 76.7 cm³/mol. The number of carbonyl (C=O) groups excluding carboxylic acids is 1. The van der Waals surface area contributed by atoms with Crippen molar-refractivity contribution in [2.45, 2.75) is 51.6 Å². The second-order valence-corrected chi connectivity index (χ2v) is 5.37. The smallest absolute Gasteiger partial charge is 0.227 e. The molecule has 1 heterocycles. The van der Waals surface area contributed by atoms with Crippen LogP contribution in [-0.4, -0.2) is 47.0 Å². The Kier molecular flexibility index (Phi) is 7.31. The number of methoxy groups -OCH3 is 1. The number of ether oxygens (including phenoxy) is 1. The van der Waals surface area contributed by atoms with Crippen LogP contribution >= 0.6 is 0 Å². The summed E-state index contributed by atoms with van der Waals surface area (Å²) in [6.07, 6.45) is 2.86. The van der Waals surface area contributed by atoms with E-state index in [0.29, 0.717) is 31.2 Å². The van der Waals surface area contributed by atoms with Gasteiger partial charge >= 0.3 is 0 Å². The van der Waals surface area contributed by atoms with E-state index in [9.17, 15) is 9.90 Å². The SMILES string of the molecule is CCCc1noc(CCC(=O)NCC(C)(O)CCOC)n1. The molecule has 7 heteroatoms. The third-order valence-corrected chi connectivity index (χ3v) is 3.06. The molecular formula is C14H25N3O4. The van der Waals surface area contributed by atoms with Gasteiger partial charge in [0.1, 0.15) is 0 Å². The number of nitrogens with one attached hydrogen (secondary N) is 1. The highest BCUT2D eigenvalue weighted by Gasteiger charge is 2.20. The maximum absolute atomic E-state index is 11.7. The molecule has 1 atom stereocenters. The molecule has 1 unspecified atom stereocenters. The number of nitrogens with zero attached hydrogens (tertiary/aromatic N) is 2. The van der Waals surface area contributed by atoms with Crippen molar-refractivity contribution in [3.05, 3.63) is 11.7 Å². The van der Waals surface area contributed by atoms with Crippen LogP contribution in [0.2, 0.25) is 0 Å². The van der Waals surface area contributed by atoms with Crippen molar-refractivity contribution in [1.29, 1.82) is 0 Å². The van der Waals surface area contributed by atoms with Crippen molar-refractivity contribution in [2.75, 3.05) is 20.3 Å². The first-order valence-electron chi connectivity index (χ1n) is 7.26. The van der Waals surface area contributed by atoms with Gasteiger partial charge in [-0.1, -0.05) is 12.1 Å². The fraction of sp³-hybridized carbons (Fsp3) is 0.786. The van der Waals surface area contributed by atoms with Crippen LogP contribution in [0.15, 0.2) is 4.52 Å². The highest BCUT2D eigenvalue weighted by atomic mass is 16.5. The van der Waals surface area contributed by atoms with Gasteiger partial charge in [0.05, 0.1) is 5.60 Å². The van der Waals surface area contributed by atoms with Crippen molar-refractivity contribution in [2.24, 2.45) is 0 Å². The molecule has 0 aliphatic carbocycles. The zero-order valence-electron chi connectivity index (χ0n) is 13.0. The van der Waals surface area contributed by atoms with E-state index in [1.807, 2.05) is 6.92 Å². The number of carbonyl (C=O) groups is 1. The van der Waals surface area contributed by atoms with E-state index >= 15 is 0 Å². The van der Waals surface area contributed by atoms with Crippen molar-refractivity contribution < 1.29 is 19.2 Å². The number of aryl methyl sites for hydroxylation is 2. The van der Waals surface area contributed by atoms with Crippen LogP contribution in [0.1, 0.15) is 44.8 Å². The van der Waals surface area contributed by atoms with Gasteiger partial charge in [-0.15, -0.1) is 0 Å². The number of aliphatic hydroxyl groups is 1. The third-order valence-electron chi connectivity index (χ3n) is 3.06. The lowest BCUT2D eigenvalue weighted by atomic mass is 10.0. The minimum Gasteiger partial charge on any atom is -0.388 e. The molecule has 0 saturated carbocycles. The Morgan fingerprint density at radius 2 is 2.24 bits per heavy atom. The molecule has 1 aromatic rings. The van der Waals surface area contributed by atoms with Crippen molar-refractivity contribution in [1.82, 2.24) is 15.5 Å². The molecule has 0 aromatic carbocycles. The lowest BCUT2D eigenvalue weighted by molar-refractivity contribution is -0.122. The van der Waals surface area contributed by atoms with Gasteiger partial charge in [-0.05, 0) is 13.3 Å². The Balaban J connectivity index is 2.27. The Bertz CT molecular complexity index is 432. The summed E-state index contributed by atoms with van der Waals surface area (Å²) in [7, 11) is 1.58. The zero-order valence-corrected chi connectivity index (χ0v) is 13.0. The van der Waals surface area contributed by atoms with Crippen LogP contribution in [0.3, 0.4) is 0 Å². The Morgan fingerprint density at radius 3 is 2.90 bits per heavy atom. The summed E-state index contributed by atoms with van der Waals surface area (Å²) >= 11 is 0. The molecular weight excluding hydrogens is 274 g/mol. The second-order valence-electron chi connectivity index (χ2n) is 5.37. The second kappa shape index (κ2) is 8.74. The minimum atomic E-state index is -0.968. The normalized spacial score (nSPS) is 13.9. The Morgan fingerprint density at radius 1 is 1.48 bits per heavy atom. The molecule has 0 aliphatic rings. The summed E-state index contributed by atoms with van der Waals surface area (Å²) in [6, 6.07) is 0. The van der Waals surface area contributed by atoms with E-state index < -0.39 is 5.60 Å². The molecule has 0 radical (unpaired) electrons. The summed E-state index contributed by atoms with van der Waals surface area (Å²) in [5.74, 6) is 0.998. The minimum absolute atomic E-state index is 0.150. The topological polar surface area (TPSA) is 97.5 Å². The molecule has 0 spiro atoms. The van der Waals surface area contributed by atoms with Crippen LogP contribution in [-0.2, 0) is 22.4 Å². The van der Waals surface area contributed by atoms with Gasteiger partial charge in [-0.25, -0.2) is 0 Å². The standard InChI is InChI=1S/C14H25N3O4/c1-4-5-11-16-13(21-17-11)7-6-12(18)15-10-14(2,19)8-9-20-3/h19H,4-10H2,1-3H3,(H,15,18). The first-order valence-corrected chi connectivity index (χ1v) is 7.26. The molecule has 1 aromatic heterocycles. The molecule has 0 bridgehead atoms. The van der Waals surface area contributed by atoms with Gasteiger partial charge < -0.3 is 19.7 Å². The summed E-state index contributed by atoms with van der Waals surface area (Å²) in [6.45, 7) is 4.35. The van der Waals surface area contributed by atoms with E-state index in [2.05, 4.69) is 15.5 Å². The Labute approximate surface area is 125 Å². The number of rotatable bonds is 10. The van der Waals surface area contributed by atoms with Gasteiger partial charge in [-0.2, -0.15) is 4.98 Å². The molecule has 2 N–H and O–H groups in total. The van der Waals surface area contributed by atoms with E-state index in [0.717, 1.165) is 12.8 Å². The number of hydrogen-bond donors (Lipinski definition) is 2. The summed E-state index contributed by atoms with van der Waals surface area (Å²) in [4.78, 5) is 15.9. The molecule has 1 rings (SSSR count). The van der Waals surface area contributed by atoms with Gasteiger partial charge in [-0.3, -0.25) is 4.79 Å². The third kappa shape index (κ3) is 7.19. The molecule has 0 fully saturated rings. The largest absolute Gasteiger partial charge is 0.388 e. The van der Waals surface area contributed by atoms with Crippen LogP contribution in [0, 0.1) is 0 Å². The number of amides is 1. The quantitative estimate of drug-likeness (QED) is 0.665. The highest BCUT2D eigenvalue weighted by Crippen LogP contribution is 2.08. The first-order chi connectivity index (χ1) is 9.96. The van der Waals surface area contributed by atoms with Gasteiger partial charge in [0.15, 0.2) is 5.82 Å². The lowest BCUT2D eigenvalue weighted by Crippen LogP contribution is -2.41. The van der Waals surface area contributed by atoms with E-state index in [4.69, 9.17) is 9.26 Å². The van der Waals surface area contributed by atoms with Crippen molar-refractivity contribution in [3.63, 3.8) is 0 Å². The summed E-state index contributed by atoms with van der Waals surface area (Å²) < 4.78 is 9.97. The molecule has 120 valence electrons. The number of aromatic nitrogens is 2. The lowest BCUT2D eigenvalue weighted by Gasteiger charge is -2.23. The monoisotopic (exact) mass is 299 g/mol. The van der Waals surface area contributed by atoms with E-state index in [1.165, 1.54) is 0 Å². The van der Waals surface area contributed by atoms with Crippen molar-refractivity contribution >= 4 is 5.91 Å². The Hall–Kier alpha value is -1.47. The maximum Gasteiger partial charge on any atom is 0.227 e. The first kappa shape index (κ1) is 17.6. The highest BCUT2D eigenvalue weighted by molar-refractivity contribution is 5.76. The fourth-order valence-electron chi connectivity index (χ4n) is 1.73. The molecule has 21 heavy (non-hydrogen) atoms. The maximum atomic E-state index is 11.7. The molecule has 1 amide bonds. The average Bonchev–Trinajstić information content (AvgIpc) is 2.89. The van der Waals surface area contributed by atoms with Gasteiger partial charge in [0.25, 0.3) is 0 Å². The zero-order chi connectivity index (χ0) is 15.7.